The van der Waals surface area contributed by atoms with Gasteiger partial charge >= 0.3 is 6.09 Å². The molecule has 0 aromatic rings. The van der Waals surface area contributed by atoms with Gasteiger partial charge in [-0.25, -0.2) is 4.79 Å². The number of ether oxygens (including phenoxy) is 1. The van der Waals surface area contributed by atoms with Crippen molar-refractivity contribution in [2.24, 2.45) is 11.8 Å². The Kier molecular flexibility index (Phi) is 3.85. The summed E-state index contributed by atoms with van der Waals surface area (Å²) in [5.74, 6) is 1.45. The Hall–Kier alpha value is -0.770. The number of piperidine rings is 1. The van der Waals surface area contributed by atoms with Crippen LogP contribution in [0.2, 0.25) is 0 Å². The van der Waals surface area contributed by atoms with Gasteiger partial charge in [0.05, 0.1) is 0 Å². The summed E-state index contributed by atoms with van der Waals surface area (Å²) < 4.78 is 5.45. The van der Waals surface area contributed by atoms with E-state index in [9.17, 15) is 4.79 Å². The second-order valence-corrected chi connectivity index (χ2v) is 6.69. The van der Waals surface area contributed by atoms with Crippen LogP contribution in [0.15, 0.2) is 0 Å². The predicted molar refractivity (Wildman–Crippen MR) is 71.5 cm³/mol. The smallest absolute Gasteiger partial charge is 0.410 e. The standard InChI is InChI=1S/C14H26N2O2/c1-14(2,3)18-13(17)16-6-5-10-7-12(15-4)8-11(10)9-16/h10-12,15H,5-9H2,1-4H3/t10-,11+,12?/m0/s1. The van der Waals surface area contributed by atoms with Gasteiger partial charge in [-0.05, 0) is 58.9 Å². The lowest BCUT2D eigenvalue weighted by atomic mass is 9.89. The molecule has 1 aliphatic carbocycles. The van der Waals surface area contributed by atoms with Crippen molar-refractivity contribution in [1.29, 1.82) is 0 Å². The van der Waals surface area contributed by atoms with Crippen molar-refractivity contribution in [1.82, 2.24) is 10.2 Å². The fourth-order valence-corrected chi connectivity index (χ4v) is 3.21. The van der Waals surface area contributed by atoms with Crippen molar-refractivity contribution < 1.29 is 9.53 Å². The minimum absolute atomic E-state index is 0.145. The molecular weight excluding hydrogens is 228 g/mol. The summed E-state index contributed by atoms with van der Waals surface area (Å²) in [6.45, 7) is 7.49. The van der Waals surface area contributed by atoms with E-state index in [0.29, 0.717) is 12.0 Å². The molecule has 1 unspecified atom stereocenters. The van der Waals surface area contributed by atoms with E-state index >= 15 is 0 Å². The second kappa shape index (κ2) is 5.08. The lowest BCUT2D eigenvalue weighted by Crippen LogP contribution is -2.44. The average molecular weight is 254 g/mol. The summed E-state index contributed by atoms with van der Waals surface area (Å²) in [5.41, 5.74) is -0.392. The van der Waals surface area contributed by atoms with Crippen LogP contribution in [0, 0.1) is 11.8 Å². The van der Waals surface area contributed by atoms with E-state index in [-0.39, 0.29) is 6.09 Å². The zero-order valence-corrected chi connectivity index (χ0v) is 12.0. The summed E-state index contributed by atoms with van der Waals surface area (Å²) in [5, 5.41) is 3.37. The number of fused-ring (bicyclic) bond motifs is 1. The Labute approximate surface area is 110 Å². The Morgan fingerprint density at radius 2 is 1.94 bits per heavy atom. The van der Waals surface area contributed by atoms with Crippen LogP contribution in [0.4, 0.5) is 4.79 Å². The molecule has 0 spiro atoms. The first-order valence-corrected chi connectivity index (χ1v) is 7.04. The van der Waals surface area contributed by atoms with Gasteiger partial charge in [0.2, 0.25) is 0 Å². The van der Waals surface area contributed by atoms with E-state index in [4.69, 9.17) is 4.74 Å². The molecule has 18 heavy (non-hydrogen) atoms. The second-order valence-electron chi connectivity index (χ2n) is 6.69. The van der Waals surface area contributed by atoms with Gasteiger partial charge in [0.25, 0.3) is 0 Å². The fraction of sp³-hybridized carbons (Fsp3) is 0.929. The lowest BCUT2D eigenvalue weighted by molar-refractivity contribution is 0.0127. The van der Waals surface area contributed by atoms with E-state index < -0.39 is 5.60 Å². The van der Waals surface area contributed by atoms with Gasteiger partial charge in [-0.1, -0.05) is 0 Å². The highest BCUT2D eigenvalue weighted by Crippen LogP contribution is 2.38. The molecule has 0 aromatic heterocycles. The van der Waals surface area contributed by atoms with E-state index in [1.54, 1.807) is 0 Å². The summed E-state index contributed by atoms with van der Waals surface area (Å²) in [4.78, 5) is 13.9. The van der Waals surface area contributed by atoms with Crippen molar-refractivity contribution >= 4 is 6.09 Å². The number of likely N-dealkylation sites (tertiary alicyclic amines) is 1. The van der Waals surface area contributed by atoms with Gasteiger partial charge < -0.3 is 15.0 Å². The number of amides is 1. The van der Waals surface area contributed by atoms with Crippen molar-refractivity contribution in [2.75, 3.05) is 20.1 Å². The highest BCUT2D eigenvalue weighted by atomic mass is 16.6. The predicted octanol–water partition coefficient (Wildman–Crippen LogP) is 2.24. The SMILES string of the molecule is CNC1C[C@@H]2CN(C(=O)OC(C)(C)C)CC[C@H]2C1. The molecule has 3 atom stereocenters. The van der Waals surface area contributed by atoms with Crippen LogP contribution in [-0.2, 0) is 4.74 Å². The molecule has 2 rings (SSSR count). The highest BCUT2D eigenvalue weighted by molar-refractivity contribution is 5.68. The maximum Gasteiger partial charge on any atom is 0.410 e. The van der Waals surface area contributed by atoms with Gasteiger partial charge in [0.1, 0.15) is 5.60 Å². The Balaban J connectivity index is 1.89. The van der Waals surface area contributed by atoms with Crippen LogP contribution in [0.3, 0.4) is 0 Å². The molecule has 1 aliphatic heterocycles. The van der Waals surface area contributed by atoms with Crippen molar-refractivity contribution in [3.63, 3.8) is 0 Å². The van der Waals surface area contributed by atoms with Crippen molar-refractivity contribution in [3.05, 3.63) is 0 Å². The molecule has 1 amide bonds. The number of carbonyl (C=O) groups excluding carboxylic acids is 1. The summed E-state index contributed by atoms with van der Waals surface area (Å²) in [7, 11) is 2.04. The van der Waals surface area contributed by atoms with E-state index in [1.165, 1.54) is 12.8 Å². The summed E-state index contributed by atoms with van der Waals surface area (Å²) in [6.07, 6.45) is 3.44. The molecule has 0 radical (unpaired) electrons. The molecular formula is C14H26N2O2. The van der Waals surface area contributed by atoms with Crippen LogP contribution in [-0.4, -0.2) is 42.8 Å². The fourth-order valence-electron chi connectivity index (χ4n) is 3.21. The van der Waals surface area contributed by atoms with Crippen LogP contribution in [0.5, 0.6) is 0 Å². The molecule has 4 heteroatoms. The maximum absolute atomic E-state index is 12.0. The molecule has 1 saturated heterocycles. The van der Waals surface area contributed by atoms with Crippen molar-refractivity contribution in [2.45, 2.75) is 51.7 Å². The largest absolute Gasteiger partial charge is 0.444 e. The molecule has 2 fully saturated rings. The highest BCUT2D eigenvalue weighted by Gasteiger charge is 2.39. The van der Waals surface area contributed by atoms with Crippen LogP contribution < -0.4 is 5.32 Å². The summed E-state index contributed by atoms with van der Waals surface area (Å²) in [6, 6.07) is 0.638. The lowest BCUT2D eigenvalue weighted by Gasteiger charge is -2.35. The van der Waals surface area contributed by atoms with Gasteiger partial charge in [0, 0.05) is 19.1 Å². The van der Waals surface area contributed by atoms with Crippen LogP contribution in [0.1, 0.15) is 40.0 Å². The van der Waals surface area contributed by atoms with E-state index in [2.05, 4.69) is 5.32 Å². The zero-order valence-electron chi connectivity index (χ0n) is 12.0. The Bertz CT molecular complexity index is 311. The van der Waals surface area contributed by atoms with Gasteiger partial charge in [-0.3, -0.25) is 0 Å². The monoisotopic (exact) mass is 254 g/mol. The molecule has 1 heterocycles. The summed E-state index contributed by atoms with van der Waals surface area (Å²) >= 11 is 0. The first kappa shape index (κ1) is 13.7. The normalized spacial score (nSPS) is 32.2. The van der Waals surface area contributed by atoms with Gasteiger partial charge in [-0.15, -0.1) is 0 Å². The topological polar surface area (TPSA) is 41.6 Å². The first-order valence-electron chi connectivity index (χ1n) is 7.04. The molecule has 1 saturated carbocycles. The number of carbonyl (C=O) groups is 1. The van der Waals surface area contributed by atoms with E-state index in [0.717, 1.165) is 25.4 Å². The first-order chi connectivity index (χ1) is 8.39. The molecule has 2 aliphatic rings. The maximum atomic E-state index is 12.0. The Morgan fingerprint density at radius 3 is 2.56 bits per heavy atom. The Morgan fingerprint density at radius 1 is 1.28 bits per heavy atom. The third-order valence-electron chi connectivity index (χ3n) is 4.13. The molecule has 0 aromatic carbocycles. The average Bonchev–Trinajstić information content (AvgIpc) is 2.68. The molecule has 0 bridgehead atoms. The quantitative estimate of drug-likeness (QED) is 0.780. The minimum Gasteiger partial charge on any atom is -0.444 e. The van der Waals surface area contributed by atoms with E-state index in [1.807, 2.05) is 32.7 Å². The number of hydrogen-bond acceptors (Lipinski definition) is 3. The number of hydrogen-bond donors (Lipinski definition) is 1. The molecule has 4 nitrogen and oxygen atoms in total. The molecule has 1 N–H and O–H groups in total. The van der Waals surface area contributed by atoms with Gasteiger partial charge in [-0.2, -0.15) is 0 Å². The van der Waals surface area contributed by atoms with Crippen LogP contribution in [0.25, 0.3) is 0 Å². The third-order valence-corrected chi connectivity index (χ3v) is 4.13. The third kappa shape index (κ3) is 3.16. The van der Waals surface area contributed by atoms with Crippen LogP contribution >= 0.6 is 0 Å². The number of nitrogens with zero attached hydrogens (tertiary/aromatic N) is 1. The van der Waals surface area contributed by atoms with Gasteiger partial charge in [0.15, 0.2) is 0 Å². The number of rotatable bonds is 1. The zero-order chi connectivity index (χ0) is 13.3. The minimum atomic E-state index is -0.392. The molecule has 104 valence electrons. The number of nitrogens with one attached hydrogen (secondary N) is 1. The van der Waals surface area contributed by atoms with Crippen molar-refractivity contribution in [3.8, 4) is 0 Å².